The average molecular weight is 296 g/mol. The highest BCUT2D eigenvalue weighted by Crippen LogP contribution is 2.35. The lowest BCUT2D eigenvalue weighted by Gasteiger charge is -2.39. The van der Waals surface area contributed by atoms with Crippen molar-refractivity contribution in [3.05, 3.63) is 0 Å². The molecule has 5 nitrogen and oxygen atoms in total. The number of amides is 2. The van der Waals surface area contributed by atoms with E-state index >= 15 is 0 Å². The van der Waals surface area contributed by atoms with Crippen molar-refractivity contribution < 1.29 is 14.7 Å². The number of carbonyl (C=O) groups is 2. The molecule has 5 heteroatoms. The van der Waals surface area contributed by atoms with Crippen molar-refractivity contribution in [3.8, 4) is 0 Å². The van der Waals surface area contributed by atoms with Crippen LogP contribution in [-0.4, -0.2) is 52.1 Å². The number of rotatable bonds is 6. The smallest absolute Gasteiger partial charge is 0.329 e. The first-order chi connectivity index (χ1) is 10.0. The zero-order chi connectivity index (χ0) is 15.5. The van der Waals surface area contributed by atoms with E-state index in [9.17, 15) is 14.7 Å². The van der Waals surface area contributed by atoms with Gasteiger partial charge in [0.2, 0.25) is 0 Å². The summed E-state index contributed by atoms with van der Waals surface area (Å²) in [5, 5.41) is 9.70. The number of urea groups is 1. The third kappa shape index (κ3) is 3.01. The van der Waals surface area contributed by atoms with Crippen LogP contribution in [0.15, 0.2) is 0 Å². The normalized spacial score (nSPS) is 25.7. The first-order valence-corrected chi connectivity index (χ1v) is 8.35. The second-order valence-corrected chi connectivity index (χ2v) is 6.46. The van der Waals surface area contributed by atoms with Gasteiger partial charge in [0.05, 0.1) is 0 Å². The summed E-state index contributed by atoms with van der Waals surface area (Å²) >= 11 is 0. The highest BCUT2D eigenvalue weighted by atomic mass is 16.4. The Kier molecular flexibility index (Phi) is 5.12. The van der Waals surface area contributed by atoms with Gasteiger partial charge in [-0.1, -0.05) is 19.8 Å². The van der Waals surface area contributed by atoms with Crippen LogP contribution in [0.3, 0.4) is 0 Å². The van der Waals surface area contributed by atoms with Crippen molar-refractivity contribution >= 4 is 12.0 Å². The summed E-state index contributed by atoms with van der Waals surface area (Å²) in [5.74, 6) is -0.225. The van der Waals surface area contributed by atoms with Crippen LogP contribution in [0.1, 0.15) is 58.8 Å². The van der Waals surface area contributed by atoms with Gasteiger partial charge in [0, 0.05) is 19.6 Å². The number of carbonyl (C=O) groups excluding carboxylic acids is 1. The van der Waals surface area contributed by atoms with Crippen molar-refractivity contribution in [2.45, 2.75) is 64.3 Å². The van der Waals surface area contributed by atoms with Gasteiger partial charge in [0.25, 0.3) is 0 Å². The van der Waals surface area contributed by atoms with Gasteiger partial charge in [-0.2, -0.15) is 0 Å². The van der Waals surface area contributed by atoms with E-state index in [0.29, 0.717) is 31.8 Å². The lowest BCUT2D eigenvalue weighted by Crippen LogP contribution is -2.57. The Bertz CT molecular complexity index is 395. The molecule has 0 aromatic rings. The van der Waals surface area contributed by atoms with Crippen molar-refractivity contribution in [1.82, 2.24) is 9.80 Å². The summed E-state index contributed by atoms with van der Waals surface area (Å²) in [4.78, 5) is 28.1. The fourth-order valence-electron chi connectivity index (χ4n) is 3.66. The molecule has 21 heavy (non-hydrogen) atoms. The van der Waals surface area contributed by atoms with Gasteiger partial charge < -0.3 is 14.9 Å². The van der Waals surface area contributed by atoms with E-state index in [1.165, 1.54) is 19.3 Å². The Balaban J connectivity index is 2.12. The Morgan fingerprint density at radius 2 is 2.00 bits per heavy atom. The van der Waals surface area contributed by atoms with E-state index in [1.54, 1.807) is 4.90 Å². The molecule has 1 saturated carbocycles. The summed E-state index contributed by atoms with van der Waals surface area (Å²) in [6.45, 7) is 5.99. The van der Waals surface area contributed by atoms with Crippen LogP contribution in [0.2, 0.25) is 0 Å². The average Bonchev–Trinajstić information content (AvgIpc) is 2.82. The summed E-state index contributed by atoms with van der Waals surface area (Å²) in [7, 11) is 0. The fourth-order valence-corrected chi connectivity index (χ4v) is 3.66. The molecule has 0 aromatic heterocycles. The molecule has 2 aliphatic rings. The molecule has 2 amide bonds. The topological polar surface area (TPSA) is 60.9 Å². The molecule has 1 N–H and O–H groups in total. The Hall–Kier alpha value is -1.26. The summed E-state index contributed by atoms with van der Waals surface area (Å²) in [6.07, 6.45) is 6.36. The minimum Gasteiger partial charge on any atom is -0.479 e. The predicted molar refractivity (Wildman–Crippen MR) is 81.2 cm³/mol. The van der Waals surface area contributed by atoms with Crippen molar-refractivity contribution in [1.29, 1.82) is 0 Å². The molecule has 1 saturated heterocycles. The van der Waals surface area contributed by atoms with E-state index in [4.69, 9.17) is 0 Å². The molecule has 2 rings (SSSR count). The molecule has 120 valence electrons. The quantitative estimate of drug-likeness (QED) is 0.819. The minimum atomic E-state index is -0.973. The Morgan fingerprint density at radius 3 is 2.48 bits per heavy atom. The predicted octanol–water partition coefficient (Wildman–Crippen LogP) is 2.95. The summed E-state index contributed by atoms with van der Waals surface area (Å²) < 4.78 is 0. The second kappa shape index (κ2) is 6.67. The third-order valence-electron chi connectivity index (χ3n) is 5.14. The van der Waals surface area contributed by atoms with Gasteiger partial charge in [-0.15, -0.1) is 0 Å². The van der Waals surface area contributed by atoms with Crippen LogP contribution in [0.4, 0.5) is 4.79 Å². The van der Waals surface area contributed by atoms with Crippen molar-refractivity contribution in [2.24, 2.45) is 5.92 Å². The molecule has 1 aliphatic carbocycles. The largest absolute Gasteiger partial charge is 0.479 e. The van der Waals surface area contributed by atoms with Crippen molar-refractivity contribution in [2.75, 3.05) is 19.6 Å². The molecular weight excluding hydrogens is 268 g/mol. The van der Waals surface area contributed by atoms with E-state index < -0.39 is 11.5 Å². The molecule has 1 heterocycles. The number of likely N-dealkylation sites (tertiary alicyclic amines) is 1. The van der Waals surface area contributed by atoms with Gasteiger partial charge in [-0.3, -0.25) is 0 Å². The number of nitrogens with zero attached hydrogens (tertiary/aromatic N) is 2. The lowest BCUT2D eigenvalue weighted by atomic mass is 9.85. The molecule has 2 fully saturated rings. The number of carboxylic acid groups (broad SMARTS) is 1. The number of hydrogen-bond acceptors (Lipinski definition) is 2. The van der Waals surface area contributed by atoms with Crippen LogP contribution in [0.25, 0.3) is 0 Å². The second-order valence-electron chi connectivity index (χ2n) is 6.46. The summed E-state index contributed by atoms with van der Waals surface area (Å²) in [6, 6.07) is -0.0715. The minimum absolute atomic E-state index is 0.0715. The SMILES string of the molecule is CCCC1(C(=O)O)CCCN1C(=O)N(CC)CC1CCC1. The van der Waals surface area contributed by atoms with E-state index in [0.717, 1.165) is 19.4 Å². The Morgan fingerprint density at radius 1 is 1.29 bits per heavy atom. The molecule has 1 unspecified atom stereocenters. The Labute approximate surface area is 127 Å². The molecule has 1 atom stereocenters. The molecule has 0 aromatic carbocycles. The zero-order valence-corrected chi connectivity index (χ0v) is 13.3. The highest BCUT2D eigenvalue weighted by Gasteiger charge is 2.50. The molecule has 1 aliphatic heterocycles. The van der Waals surface area contributed by atoms with Crippen LogP contribution in [-0.2, 0) is 4.79 Å². The van der Waals surface area contributed by atoms with Crippen LogP contribution < -0.4 is 0 Å². The van der Waals surface area contributed by atoms with Gasteiger partial charge >= 0.3 is 12.0 Å². The maximum atomic E-state index is 12.8. The first-order valence-electron chi connectivity index (χ1n) is 8.35. The standard InChI is InChI=1S/C16H28N2O3/c1-3-9-16(14(19)20)10-6-11-18(16)15(21)17(4-2)12-13-7-5-8-13/h13H,3-12H2,1-2H3,(H,19,20). The fraction of sp³-hybridized carbons (Fsp3) is 0.875. The zero-order valence-electron chi connectivity index (χ0n) is 13.3. The lowest BCUT2D eigenvalue weighted by molar-refractivity contribution is -0.148. The van der Waals surface area contributed by atoms with E-state index in [2.05, 4.69) is 0 Å². The van der Waals surface area contributed by atoms with Gasteiger partial charge in [0.15, 0.2) is 0 Å². The molecule has 0 bridgehead atoms. The molecule has 0 radical (unpaired) electrons. The number of hydrogen-bond donors (Lipinski definition) is 1. The highest BCUT2D eigenvalue weighted by molar-refractivity contribution is 5.87. The van der Waals surface area contributed by atoms with Crippen LogP contribution in [0, 0.1) is 5.92 Å². The number of carboxylic acids is 1. The van der Waals surface area contributed by atoms with Crippen LogP contribution in [0.5, 0.6) is 0 Å². The van der Waals surface area contributed by atoms with Gasteiger partial charge in [0.1, 0.15) is 5.54 Å². The third-order valence-corrected chi connectivity index (χ3v) is 5.14. The van der Waals surface area contributed by atoms with Gasteiger partial charge in [-0.25, -0.2) is 9.59 Å². The number of aliphatic carboxylic acids is 1. The van der Waals surface area contributed by atoms with Crippen LogP contribution >= 0.6 is 0 Å². The monoisotopic (exact) mass is 296 g/mol. The van der Waals surface area contributed by atoms with E-state index in [1.807, 2.05) is 18.7 Å². The van der Waals surface area contributed by atoms with Crippen molar-refractivity contribution in [3.63, 3.8) is 0 Å². The molecule has 0 spiro atoms. The maximum Gasteiger partial charge on any atom is 0.329 e. The maximum absolute atomic E-state index is 12.8. The van der Waals surface area contributed by atoms with Gasteiger partial charge in [-0.05, 0) is 44.9 Å². The summed E-state index contributed by atoms with van der Waals surface area (Å²) in [5.41, 5.74) is -0.973. The first kappa shape index (κ1) is 16.1. The van der Waals surface area contributed by atoms with E-state index in [-0.39, 0.29) is 6.03 Å². The molecular formula is C16H28N2O3.